The number of nitrogens with one attached hydrogen (secondary N) is 2. The third-order valence-electron chi connectivity index (χ3n) is 4.42. The van der Waals surface area contributed by atoms with Crippen LogP contribution in [0.1, 0.15) is 50.5 Å². The summed E-state index contributed by atoms with van der Waals surface area (Å²) >= 11 is 2.16. The summed E-state index contributed by atoms with van der Waals surface area (Å²) in [5.74, 6) is -0.303. The number of ether oxygens (including phenoxy) is 2. The van der Waals surface area contributed by atoms with E-state index >= 15 is 0 Å². The third kappa shape index (κ3) is 7.99. The molecule has 178 valence electrons. The summed E-state index contributed by atoms with van der Waals surface area (Å²) < 4.78 is 25.5. The van der Waals surface area contributed by atoms with Gasteiger partial charge in [-0.1, -0.05) is 13.8 Å². The van der Waals surface area contributed by atoms with Gasteiger partial charge in [0.05, 0.1) is 22.5 Å². The van der Waals surface area contributed by atoms with E-state index in [2.05, 4.69) is 38.4 Å². The molecule has 2 N–H and O–H groups in total. The number of carbonyl (C=O) groups is 2. The molecule has 1 atom stereocenters. The Kier molecular flexibility index (Phi) is 10.1. The SMILES string of the molecule is CCOc1cc(C=NNC(=O)C(NC(=O)c2ccc(F)cc2)C(C)C)cc(I)c1OC(C)C. The maximum atomic E-state index is 13.1. The molecule has 0 aliphatic rings. The van der Waals surface area contributed by atoms with Crippen molar-refractivity contribution < 1.29 is 23.5 Å². The van der Waals surface area contributed by atoms with Crippen LogP contribution in [0.2, 0.25) is 0 Å². The maximum Gasteiger partial charge on any atom is 0.262 e. The number of benzene rings is 2. The molecular weight excluding hydrogens is 540 g/mol. The first kappa shape index (κ1) is 26.6. The minimum Gasteiger partial charge on any atom is -0.490 e. The molecular formula is C24H29FIN3O4. The fourth-order valence-electron chi connectivity index (χ4n) is 2.88. The molecule has 1 unspecified atom stereocenters. The molecule has 0 radical (unpaired) electrons. The quantitative estimate of drug-likeness (QED) is 0.250. The van der Waals surface area contributed by atoms with Gasteiger partial charge in [0.2, 0.25) is 0 Å². The summed E-state index contributed by atoms with van der Waals surface area (Å²) in [6.07, 6.45) is 1.50. The Morgan fingerprint density at radius 2 is 1.82 bits per heavy atom. The summed E-state index contributed by atoms with van der Waals surface area (Å²) in [5.41, 5.74) is 3.46. The molecule has 2 aromatic carbocycles. The van der Waals surface area contributed by atoms with Crippen molar-refractivity contribution in [2.24, 2.45) is 11.0 Å². The summed E-state index contributed by atoms with van der Waals surface area (Å²) in [4.78, 5) is 25.1. The van der Waals surface area contributed by atoms with Crippen molar-refractivity contribution in [2.75, 3.05) is 6.61 Å². The number of hydrogen-bond donors (Lipinski definition) is 2. The van der Waals surface area contributed by atoms with Crippen LogP contribution in [0.15, 0.2) is 41.5 Å². The molecule has 0 spiro atoms. The van der Waals surface area contributed by atoms with Crippen molar-refractivity contribution >= 4 is 40.6 Å². The van der Waals surface area contributed by atoms with E-state index in [0.717, 1.165) is 9.13 Å². The Labute approximate surface area is 207 Å². The predicted molar refractivity (Wildman–Crippen MR) is 134 cm³/mol. The van der Waals surface area contributed by atoms with Gasteiger partial charge in [-0.2, -0.15) is 5.10 Å². The lowest BCUT2D eigenvalue weighted by Gasteiger charge is -2.20. The second kappa shape index (κ2) is 12.5. The molecule has 0 aliphatic heterocycles. The van der Waals surface area contributed by atoms with Crippen LogP contribution in [0.5, 0.6) is 11.5 Å². The van der Waals surface area contributed by atoms with Gasteiger partial charge < -0.3 is 14.8 Å². The lowest BCUT2D eigenvalue weighted by atomic mass is 10.0. The fourth-order valence-corrected chi connectivity index (χ4v) is 3.63. The van der Waals surface area contributed by atoms with Crippen molar-refractivity contribution in [1.82, 2.24) is 10.7 Å². The zero-order chi connectivity index (χ0) is 24.5. The van der Waals surface area contributed by atoms with Gasteiger partial charge in [0.25, 0.3) is 11.8 Å². The van der Waals surface area contributed by atoms with Crippen molar-refractivity contribution in [2.45, 2.75) is 46.8 Å². The first-order valence-electron chi connectivity index (χ1n) is 10.6. The molecule has 2 rings (SSSR count). The zero-order valence-electron chi connectivity index (χ0n) is 19.3. The number of halogens is 2. The highest BCUT2D eigenvalue weighted by Crippen LogP contribution is 2.34. The van der Waals surface area contributed by atoms with Gasteiger partial charge in [-0.15, -0.1) is 0 Å². The highest BCUT2D eigenvalue weighted by Gasteiger charge is 2.24. The monoisotopic (exact) mass is 569 g/mol. The average Bonchev–Trinajstić information content (AvgIpc) is 2.74. The Hall–Kier alpha value is -2.69. The lowest BCUT2D eigenvalue weighted by Crippen LogP contribution is -2.48. The third-order valence-corrected chi connectivity index (χ3v) is 5.22. The van der Waals surface area contributed by atoms with Crippen molar-refractivity contribution in [3.05, 3.63) is 56.9 Å². The van der Waals surface area contributed by atoms with E-state index in [1.54, 1.807) is 6.07 Å². The second-order valence-corrected chi connectivity index (χ2v) is 9.03. The topological polar surface area (TPSA) is 89.0 Å². The fraction of sp³-hybridized carbons (Fsp3) is 0.375. The molecule has 7 nitrogen and oxygen atoms in total. The van der Waals surface area contributed by atoms with Gasteiger partial charge >= 0.3 is 0 Å². The van der Waals surface area contributed by atoms with Gasteiger partial charge in [-0.05, 0) is 91.2 Å². The molecule has 0 fully saturated rings. The van der Waals surface area contributed by atoms with Crippen LogP contribution in [0.4, 0.5) is 4.39 Å². The number of hydrazone groups is 1. The number of hydrogen-bond acceptors (Lipinski definition) is 5. The Morgan fingerprint density at radius 1 is 1.15 bits per heavy atom. The van der Waals surface area contributed by atoms with Crippen molar-refractivity contribution in [3.63, 3.8) is 0 Å². The van der Waals surface area contributed by atoms with Gasteiger partial charge in [-0.25, -0.2) is 9.82 Å². The molecule has 0 aliphatic carbocycles. The molecule has 33 heavy (non-hydrogen) atoms. The number of amides is 2. The minimum atomic E-state index is -0.819. The molecule has 0 saturated heterocycles. The Bertz CT molecular complexity index is 994. The van der Waals surface area contributed by atoms with Gasteiger partial charge in [-0.3, -0.25) is 9.59 Å². The highest BCUT2D eigenvalue weighted by molar-refractivity contribution is 14.1. The lowest BCUT2D eigenvalue weighted by molar-refractivity contribution is -0.123. The van der Waals surface area contributed by atoms with Gasteiger partial charge in [0.15, 0.2) is 11.5 Å². The highest BCUT2D eigenvalue weighted by atomic mass is 127. The van der Waals surface area contributed by atoms with E-state index in [0.29, 0.717) is 18.1 Å². The molecule has 2 amide bonds. The van der Waals surface area contributed by atoms with E-state index in [1.807, 2.05) is 40.7 Å². The smallest absolute Gasteiger partial charge is 0.262 e. The van der Waals surface area contributed by atoms with E-state index in [4.69, 9.17) is 9.47 Å². The second-order valence-electron chi connectivity index (χ2n) is 7.87. The van der Waals surface area contributed by atoms with Crippen LogP contribution in [0.3, 0.4) is 0 Å². The van der Waals surface area contributed by atoms with Crippen molar-refractivity contribution in [1.29, 1.82) is 0 Å². The molecule has 2 aromatic rings. The summed E-state index contributed by atoms with van der Waals surface area (Å²) in [6, 6.07) is 7.95. The minimum absolute atomic E-state index is 0.00499. The number of carbonyl (C=O) groups excluding carboxylic acids is 2. The van der Waals surface area contributed by atoms with Crippen LogP contribution in [0, 0.1) is 15.3 Å². The summed E-state index contributed by atoms with van der Waals surface area (Å²) in [6.45, 7) is 9.87. The maximum absolute atomic E-state index is 13.1. The standard InChI is InChI=1S/C24H29FIN3O4/c1-6-32-20-12-16(11-19(26)22(20)33-15(4)5)13-27-29-24(31)21(14(2)3)28-23(30)17-7-9-18(25)10-8-17/h7-15,21H,6H2,1-5H3,(H,28,30)(H,29,31). The van der Waals surface area contributed by atoms with E-state index < -0.39 is 23.7 Å². The molecule has 0 saturated carbocycles. The molecule has 9 heteroatoms. The molecule has 0 bridgehead atoms. The largest absolute Gasteiger partial charge is 0.490 e. The summed E-state index contributed by atoms with van der Waals surface area (Å²) in [5, 5.41) is 6.72. The van der Waals surface area contributed by atoms with Crippen LogP contribution in [0.25, 0.3) is 0 Å². The molecule has 0 aromatic heterocycles. The van der Waals surface area contributed by atoms with Crippen molar-refractivity contribution in [3.8, 4) is 11.5 Å². The number of rotatable bonds is 10. The number of nitrogens with zero attached hydrogens (tertiary/aromatic N) is 1. The first-order chi connectivity index (χ1) is 15.6. The molecule has 0 heterocycles. The van der Waals surface area contributed by atoms with Crippen LogP contribution < -0.4 is 20.2 Å². The van der Waals surface area contributed by atoms with E-state index in [1.165, 1.54) is 30.5 Å². The summed E-state index contributed by atoms with van der Waals surface area (Å²) in [7, 11) is 0. The van der Waals surface area contributed by atoms with Crippen LogP contribution in [-0.4, -0.2) is 36.8 Å². The normalized spacial score (nSPS) is 12.2. The zero-order valence-corrected chi connectivity index (χ0v) is 21.5. The van der Waals surface area contributed by atoms with Gasteiger partial charge in [0.1, 0.15) is 11.9 Å². The van der Waals surface area contributed by atoms with E-state index in [-0.39, 0.29) is 17.6 Å². The first-order valence-corrected chi connectivity index (χ1v) is 11.7. The average molecular weight is 569 g/mol. The Morgan fingerprint density at radius 3 is 2.39 bits per heavy atom. The predicted octanol–water partition coefficient (Wildman–Crippen LogP) is 4.52. The van der Waals surface area contributed by atoms with Crippen LogP contribution >= 0.6 is 22.6 Å². The van der Waals surface area contributed by atoms with Gasteiger partial charge in [0, 0.05) is 5.56 Å². The Balaban J connectivity index is 2.11. The van der Waals surface area contributed by atoms with Crippen LogP contribution in [-0.2, 0) is 4.79 Å². The van der Waals surface area contributed by atoms with E-state index in [9.17, 15) is 14.0 Å².